The van der Waals surface area contributed by atoms with Crippen molar-refractivity contribution in [3.8, 4) is 0 Å². The van der Waals surface area contributed by atoms with Gasteiger partial charge in [0, 0.05) is 43.7 Å². The number of piperidine rings is 1. The van der Waals surface area contributed by atoms with E-state index >= 15 is 0 Å². The van der Waals surface area contributed by atoms with Crippen molar-refractivity contribution >= 4 is 52.3 Å². The second-order valence-electron chi connectivity index (χ2n) is 12.6. The third-order valence-electron chi connectivity index (χ3n) is 9.73. The Hall–Kier alpha value is -2.42. The van der Waals surface area contributed by atoms with Crippen LogP contribution in [-0.4, -0.2) is 103 Å². The number of ether oxygens (including phenoxy) is 1. The number of aliphatic hydroxyl groups excluding tert-OH is 1. The number of carbonyl (C=O) groups excluding carboxylic acids is 2. The van der Waals surface area contributed by atoms with Gasteiger partial charge in [-0.3, -0.25) is 24.3 Å². The van der Waals surface area contributed by atoms with Crippen LogP contribution in [0.25, 0.3) is 0 Å². The van der Waals surface area contributed by atoms with Crippen molar-refractivity contribution < 1.29 is 27.9 Å². The fraction of sp³-hybridized carbons (Fsp3) is 0.645. The monoisotopic (exact) mass is 702 g/mol. The number of hydrogen-bond acceptors (Lipinski definition) is 8. The van der Waals surface area contributed by atoms with Gasteiger partial charge in [0.05, 0.1) is 30.7 Å². The lowest BCUT2D eigenvalue weighted by molar-refractivity contribution is -0.167. The van der Waals surface area contributed by atoms with Gasteiger partial charge in [0.2, 0.25) is 21.8 Å². The van der Waals surface area contributed by atoms with E-state index in [9.17, 15) is 23.1 Å². The van der Waals surface area contributed by atoms with Crippen molar-refractivity contribution in [3.05, 3.63) is 46.8 Å². The Morgan fingerprint density at radius 1 is 1.09 bits per heavy atom. The number of amides is 2. The molecule has 2 amide bonds. The molecule has 0 bridgehead atoms. The third kappa shape index (κ3) is 7.82. The smallest absolute Gasteiger partial charge is 0.248 e. The molecule has 46 heavy (non-hydrogen) atoms. The maximum absolute atomic E-state index is 14.0. The van der Waals surface area contributed by atoms with Crippen LogP contribution in [0.5, 0.6) is 0 Å². The van der Waals surface area contributed by atoms with Gasteiger partial charge in [-0.15, -0.1) is 24.8 Å². The fourth-order valence-electron chi connectivity index (χ4n) is 7.44. The number of benzene rings is 1. The first-order valence-electron chi connectivity index (χ1n) is 15.6. The molecule has 1 aliphatic carbocycles. The van der Waals surface area contributed by atoms with Crippen LogP contribution in [0.3, 0.4) is 0 Å². The highest BCUT2D eigenvalue weighted by Crippen LogP contribution is 2.40. The van der Waals surface area contributed by atoms with Gasteiger partial charge >= 0.3 is 0 Å². The van der Waals surface area contributed by atoms with E-state index in [-0.39, 0.29) is 55.1 Å². The average Bonchev–Trinajstić information content (AvgIpc) is 3.33. The lowest BCUT2D eigenvalue weighted by Crippen LogP contribution is -2.75. The van der Waals surface area contributed by atoms with E-state index in [1.54, 1.807) is 24.1 Å². The van der Waals surface area contributed by atoms with Crippen LogP contribution >= 0.6 is 24.8 Å². The number of nitrogens with one attached hydrogen (secondary N) is 3. The SMILES string of the molecule is COCCN1C(=O)[C@@H]([C@H](O)C2CCCCC2)NC(=O)C12CCN(C(c1ccc(NS(C)(=O)=O)cc1)c1c(C)n[nH]c1C)CC2.Cl.Cl. The van der Waals surface area contributed by atoms with Gasteiger partial charge in [0.15, 0.2) is 0 Å². The molecule has 3 fully saturated rings. The minimum absolute atomic E-state index is 0. The van der Waals surface area contributed by atoms with Crippen LogP contribution in [0.4, 0.5) is 5.69 Å². The molecule has 258 valence electrons. The van der Waals surface area contributed by atoms with Gasteiger partial charge < -0.3 is 20.1 Å². The molecule has 1 saturated carbocycles. The van der Waals surface area contributed by atoms with Crippen LogP contribution in [0, 0.1) is 19.8 Å². The molecule has 1 aromatic carbocycles. The summed E-state index contributed by atoms with van der Waals surface area (Å²) in [7, 11) is -1.83. The topological polar surface area (TPSA) is 157 Å². The van der Waals surface area contributed by atoms with Crippen LogP contribution in [0.2, 0.25) is 0 Å². The van der Waals surface area contributed by atoms with E-state index in [4.69, 9.17) is 4.74 Å². The zero-order valence-electron chi connectivity index (χ0n) is 27.0. The molecule has 15 heteroatoms. The van der Waals surface area contributed by atoms with Crippen LogP contribution in [0.1, 0.15) is 73.5 Å². The normalized spacial score (nSPS) is 22.0. The number of aromatic nitrogens is 2. The van der Waals surface area contributed by atoms with Gasteiger partial charge in [-0.2, -0.15) is 5.10 Å². The first-order chi connectivity index (χ1) is 20.9. The van der Waals surface area contributed by atoms with Crippen molar-refractivity contribution in [2.24, 2.45) is 5.92 Å². The van der Waals surface area contributed by atoms with Crippen molar-refractivity contribution in [3.63, 3.8) is 0 Å². The van der Waals surface area contributed by atoms with Crippen LogP contribution in [0.15, 0.2) is 24.3 Å². The maximum atomic E-state index is 14.0. The molecule has 3 heterocycles. The maximum Gasteiger partial charge on any atom is 0.248 e. The molecule has 1 aromatic heterocycles. The number of sulfonamides is 1. The number of anilines is 1. The number of hydrogen-bond donors (Lipinski definition) is 4. The molecule has 3 atom stereocenters. The van der Waals surface area contributed by atoms with Gasteiger partial charge in [-0.1, -0.05) is 31.4 Å². The van der Waals surface area contributed by atoms with E-state index < -0.39 is 27.7 Å². The minimum Gasteiger partial charge on any atom is -0.390 e. The summed E-state index contributed by atoms with van der Waals surface area (Å²) in [6, 6.07) is 6.16. The van der Waals surface area contributed by atoms with Crippen molar-refractivity contribution in [2.75, 3.05) is 44.3 Å². The highest BCUT2D eigenvalue weighted by Gasteiger charge is 2.55. The number of aromatic amines is 1. The molecule has 1 spiro atoms. The summed E-state index contributed by atoms with van der Waals surface area (Å²) in [6.45, 7) is 5.55. The molecular formula is C31H48Cl2N6O6S. The van der Waals surface area contributed by atoms with Gasteiger partial charge in [0.25, 0.3) is 0 Å². The van der Waals surface area contributed by atoms with Crippen LogP contribution < -0.4 is 10.0 Å². The first-order valence-corrected chi connectivity index (χ1v) is 17.5. The van der Waals surface area contributed by atoms with Gasteiger partial charge in [-0.25, -0.2) is 8.42 Å². The largest absolute Gasteiger partial charge is 0.390 e. The number of likely N-dealkylation sites (tertiary alicyclic amines) is 1. The zero-order chi connectivity index (χ0) is 31.6. The summed E-state index contributed by atoms with van der Waals surface area (Å²) in [5, 5.41) is 21.7. The Balaban J connectivity index is 0.00000288. The molecule has 1 unspecified atom stereocenters. The number of aryl methyl sites for hydroxylation is 2. The Bertz CT molecular complexity index is 1420. The van der Waals surface area contributed by atoms with E-state index in [0.29, 0.717) is 38.2 Å². The van der Waals surface area contributed by atoms with Gasteiger partial charge in [0.1, 0.15) is 11.6 Å². The van der Waals surface area contributed by atoms with Crippen LogP contribution in [-0.2, 0) is 24.3 Å². The number of halogens is 2. The fourth-order valence-corrected chi connectivity index (χ4v) is 8.01. The standard InChI is InChI=1S/C31H46N6O6S.2ClH/c1-20-25(21(2)34-33-20)27(22-10-12-24(13-11-22)35-44(4,41)42)36-16-14-31(15-17-36)30(40)32-26(29(39)37(31)18-19-43-3)28(38)23-8-6-5-7-9-23;;/h10-13,23,26-28,35,38H,5-9,14-19H2,1-4H3,(H,32,40)(H,33,34);2*1H/t26-,27?,28-;;/m1../s1. The number of piperazine rings is 1. The Morgan fingerprint density at radius 3 is 2.26 bits per heavy atom. The van der Waals surface area contributed by atoms with Crippen molar-refractivity contribution in [1.29, 1.82) is 0 Å². The van der Waals surface area contributed by atoms with E-state index in [1.165, 1.54) is 0 Å². The second-order valence-corrected chi connectivity index (χ2v) is 14.4. The molecule has 2 aromatic rings. The summed E-state index contributed by atoms with van der Waals surface area (Å²) in [5.74, 6) is -0.448. The number of rotatable bonds is 10. The molecule has 2 aliphatic heterocycles. The number of nitrogens with zero attached hydrogens (tertiary/aromatic N) is 3. The molecule has 0 radical (unpaired) electrons. The summed E-state index contributed by atoms with van der Waals surface area (Å²) in [6.07, 6.45) is 5.94. The summed E-state index contributed by atoms with van der Waals surface area (Å²) >= 11 is 0. The number of methoxy groups -OCH3 is 1. The van der Waals surface area contributed by atoms with E-state index in [1.807, 2.05) is 26.0 Å². The minimum atomic E-state index is -3.41. The summed E-state index contributed by atoms with van der Waals surface area (Å²) in [4.78, 5) is 32.0. The van der Waals surface area contributed by atoms with Crippen molar-refractivity contribution in [1.82, 2.24) is 25.3 Å². The Kier molecular flexibility index (Phi) is 12.9. The Morgan fingerprint density at radius 2 is 1.72 bits per heavy atom. The number of H-pyrrole nitrogens is 1. The highest BCUT2D eigenvalue weighted by molar-refractivity contribution is 7.92. The Labute approximate surface area is 284 Å². The molecule has 4 N–H and O–H groups in total. The summed E-state index contributed by atoms with van der Waals surface area (Å²) < 4.78 is 31.4. The predicted molar refractivity (Wildman–Crippen MR) is 181 cm³/mol. The zero-order valence-corrected chi connectivity index (χ0v) is 29.4. The molecular weight excluding hydrogens is 655 g/mol. The van der Waals surface area contributed by atoms with E-state index in [0.717, 1.165) is 60.9 Å². The molecule has 12 nitrogen and oxygen atoms in total. The van der Waals surface area contributed by atoms with Crippen molar-refractivity contribution in [2.45, 2.75) is 82.5 Å². The predicted octanol–water partition coefficient (Wildman–Crippen LogP) is 3.08. The highest BCUT2D eigenvalue weighted by atomic mass is 35.5. The second kappa shape index (κ2) is 15.7. The average molecular weight is 704 g/mol. The first kappa shape index (κ1) is 38.0. The molecule has 3 aliphatic rings. The lowest BCUT2D eigenvalue weighted by atomic mass is 9.77. The third-order valence-corrected chi connectivity index (χ3v) is 10.3. The summed E-state index contributed by atoms with van der Waals surface area (Å²) in [5.41, 5.74) is 3.22. The number of aliphatic hydroxyl groups is 1. The molecule has 2 saturated heterocycles. The quantitative estimate of drug-likeness (QED) is 0.294. The van der Waals surface area contributed by atoms with Gasteiger partial charge in [-0.05, 0) is 63.1 Å². The number of carbonyl (C=O) groups is 2. The van der Waals surface area contributed by atoms with E-state index in [2.05, 4.69) is 25.1 Å². The lowest BCUT2D eigenvalue weighted by Gasteiger charge is -2.53. The molecule has 5 rings (SSSR count).